The molecule has 0 saturated carbocycles. The van der Waals surface area contributed by atoms with E-state index in [9.17, 15) is 9.59 Å². The molecule has 2 aromatic rings. The number of thiophene rings is 1. The minimum absolute atomic E-state index is 0.0418. The topological polar surface area (TPSA) is 79.3 Å². The molecule has 0 spiro atoms. The zero-order valence-electron chi connectivity index (χ0n) is 13.4. The normalized spacial score (nSPS) is 18.0. The lowest BCUT2D eigenvalue weighted by atomic mass is 9.93. The summed E-state index contributed by atoms with van der Waals surface area (Å²) in [6.45, 7) is 2.23. The van der Waals surface area contributed by atoms with Gasteiger partial charge in [-0.05, 0) is 36.6 Å². The second-order valence-electron chi connectivity index (χ2n) is 6.30. The standard InChI is InChI=1S/C17H20N2O3S2/c1-10-4-5-12-14(7-10)24-17(18-12)19-15(20)8-11(9-16(21)22)13-3-2-6-23-13/h2-3,6,10-11H,4-5,7-9H2,1H3,(H,21,22)(H,18,19,20)/t10-,11-/m0/s1. The molecule has 2 heterocycles. The average molecular weight is 364 g/mol. The molecular formula is C17H20N2O3S2. The lowest BCUT2D eigenvalue weighted by Crippen LogP contribution is -2.17. The number of aryl methyl sites for hydroxylation is 1. The van der Waals surface area contributed by atoms with E-state index < -0.39 is 5.97 Å². The Morgan fingerprint density at radius 2 is 2.29 bits per heavy atom. The van der Waals surface area contributed by atoms with Gasteiger partial charge in [0.15, 0.2) is 5.13 Å². The number of fused-ring (bicyclic) bond motifs is 1. The summed E-state index contributed by atoms with van der Waals surface area (Å²) in [4.78, 5) is 30.1. The molecule has 0 aliphatic heterocycles. The van der Waals surface area contributed by atoms with E-state index in [0.717, 1.165) is 29.8 Å². The number of rotatable bonds is 6. The van der Waals surface area contributed by atoms with Gasteiger partial charge in [-0.1, -0.05) is 13.0 Å². The molecule has 1 aliphatic carbocycles. The van der Waals surface area contributed by atoms with Crippen LogP contribution in [0, 0.1) is 5.92 Å². The Morgan fingerprint density at radius 3 is 3.00 bits per heavy atom. The summed E-state index contributed by atoms with van der Waals surface area (Å²) in [5.74, 6) is -0.689. The number of hydrogen-bond donors (Lipinski definition) is 2. The second kappa shape index (κ2) is 7.44. The number of carboxylic acid groups (broad SMARTS) is 1. The zero-order chi connectivity index (χ0) is 17.1. The number of thiazole rings is 1. The molecule has 2 atom stereocenters. The molecule has 24 heavy (non-hydrogen) atoms. The highest BCUT2D eigenvalue weighted by Gasteiger charge is 2.23. The largest absolute Gasteiger partial charge is 0.481 e. The zero-order valence-corrected chi connectivity index (χ0v) is 15.1. The molecule has 5 nitrogen and oxygen atoms in total. The maximum absolute atomic E-state index is 12.3. The molecule has 2 N–H and O–H groups in total. The van der Waals surface area contributed by atoms with Crippen LogP contribution < -0.4 is 5.32 Å². The van der Waals surface area contributed by atoms with Gasteiger partial charge in [-0.3, -0.25) is 9.59 Å². The Bertz CT molecular complexity index is 724. The summed E-state index contributed by atoms with van der Waals surface area (Å²) in [6, 6.07) is 3.76. The minimum Gasteiger partial charge on any atom is -0.481 e. The van der Waals surface area contributed by atoms with Crippen molar-refractivity contribution in [1.82, 2.24) is 4.98 Å². The van der Waals surface area contributed by atoms with Gasteiger partial charge in [0.1, 0.15) is 0 Å². The lowest BCUT2D eigenvalue weighted by Gasteiger charge is -2.15. The summed E-state index contributed by atoms with van der Waals surface area (Å²) in [7, 11) is 0. The molecular weight excluding hydrogens is 344 g/mol. The van der Waals surface area contributed by atoms with Gasteiger partial charge < -0.3 is 10.4 Å². The Hall–Kier alpha value is -1.73. The van der Waals surface area contributed by atoms with Crippen LogP contribution in [0.15, 0.2) is 17.5 Å². The molecule has 0 bridgehead atoms. The van der Waals surface area contributed by atoms with Crippen LogP contribution in [0.4, 0.5) is 5.13 Å². The highest BCUT2D eigenvalue weighted by molar-refractivity contribution is 7.15. The molecule has 3 rings (SSSR count). The first kappa shape index (κ1) is 17.1. The van der Waals surface area contributed by atoms with Gasteiger partial charge in [0, 0.05) is 22.1 Å². The van der Waals surface area contributed by atoms with Gasteiger partial charge in [0.2, 0.25) is 5.91 Å². The predicted molar refractivity (Wildman–Crippen MR) is 95.9 cm³/mol. The van der Waals surface area contributed by atoms with Gasteiger partial charge in [0.25, 0.3) is 0 Å². The smallest absolute Gasteiger partial charge is 0.304 e. The van der Waals surface area contributed by atoms with Crippen molar-refractivity contribution >= 4 is 39.7 Å². The molecule has 2 aromatic heterocycles. The van der Waals surface area contributed by atoms with Crippen LogP contribution in [0.2, 0.25) is 0 Å². The second-order valence-corrected chi connectivity index (χ2v) is 8.36. The van der Waals surface area contributed by atoms with E-state index in [1.165, 1.54) is 16.2 Å². The van der Waals surface area contributed by atoms with Gasteiger partial charge in [-0.2, -0.15) is 0 Å². The number of anilines is 1. The van der Waals surface area contributed by atoms with Crippen molar-refractivity contribution in [1.29, 1.82) is 0 Å². The Labute approximate surface area is 148 Å². The van der Waals surface area contributed by atoms with Gasteiger partial charge in [-0.25, -0.2) is 4.98 Å². The first-order valence-electron chi connectivity index (χ1n) is 8.05. The highest BCUT2D eigenvalue weighted by atomic mass is 32.1. The molecule has 7 heteroatoms. The van der Waals surface area contributed by atoms with Crippen LogP contribution in [-0.4, -0.2) is 22.0 Å². The summed E-state index contributed by atoms with van der Waals surface area (Å²) in [5.41, 5.74) is 1.11. The van der Waals surface area contributed by atoms with Crippen LogP contribution in [0.5, 0.6) is 0 Å². The summed E-state index contributed by atoms with van der Waals surface area (Å²) in [5, 5.41) is 14.5. The van der Waals surface area contributed by atoms with Crippen molar-refractivity contribution < 1.29 is 14.7 Å². The van der Waals surface area contributed by atoms with Crippen molar-refractivity contribution in [2.24, 2.45) is 5.92 Å². The third-order valence-corrected chi connectivity index (χ3v) is 6.30. The number of amides is 1. The molecule has 1 aliphatic rings. The first-order valence-corrected chi connectivity index (χ1v) is 9.74. The van der Waals surface area contributed by atoms with E-state index >= 15 is 0 Å². The SMILES string of the molecule is C[C@H]1CCc2nc(NC(=O)C[C@@H](CC(=O)O)c3cccs3)sc2C1. The number of aliphatic carboxylic acids is 1. The molecule has 0 unspecified atom stereocenters. The van der Waals surface area contributed by atoms with Crippen LogP contribution >= 0.6 is 22.7 Å². The molecule has 128 valence electrons. The van der Waals surface area contributed by atoms with Gasteiger partial charge in [-0.15, -0.1) is 22.7 Å². The first-order chi connectivity index (χ1) is 11.5. The average Bonchev–Trinajstić information content (AvgIpc) is 3.14. The van der Waals surface area contributed by atoms with Crippen molar-refractivity contribution in [3.8, 4) is 0 Å². The van der Waals surface area contributed by atoms with E-state index in [4.69, 9.17) is 5.11 Å². The molecule has 1 amide bonds. The fraction of sp³-hybridized carbons (Fsp3) is 0.471. The summed E-state index contributed by atoms with van der Waals surface area (Å²) < 4.78 is 0. The Kier molecular flexibility index (Phi) is 5.30. The van der Waals surface area contributed by atoms with Crippen molar-refractivity contribution in [2.45, 2.75) is 44.9 Å². The minimum atomic E-state index is -0.889. The monoisotopic (exact) mass is 364 g/mol. The third-order valence-electron chi connectivity index (χ3n) is 4.23. The Balaban J connectivity index is 1.65. The summed E-state index contributed by atoms with van der Waals surface area (Å²) >= 11 is 3.04. The van der Waals surface area contributed by atoms with Crippen molar-refractivity contribution in [3.63, 3.8) is 0 Å². The number of hydrogen-bond acceptors (Lipinski definition) is 5. The number of carboxylic acids is 1. The number of carbonyl (C=O) groups is 2. The Morgan fingerprint density at radius 1 is 1.46 bits per heavy atom. The van der Waals surface area contributed by atoms with Crippen molar-refractivity contribution in [3.05, 3.63) is 33.0 Å². The fourth-order valence-corrected chi connectivity index (χ4v) is 5.01. The maximum Gasteiger partial charge on any atom is 0.304 e. The van der Waals surface area contributed by atoms with E-state index in [1.807, 2.05) is 17.5 Å². The quantitative estimate of drug-likeness (QED) is 0.814. The highest BCUT2D eigenvalue weighted by Crippen LogP contribution is 2.33. The third kappa shape index (κ3) is 4.21. The summed E-state index contributed by atoms with van der Waals surface area (Å²) in [6.07, 6.45) is 3.26. The van der Waals surface area contributed by atoms with Crippen LogP contribution in [0.3, 0.4) is 0 Å². The van der Waals surface area contributed by atoms with E-state index in [-0.39, 0.29) is 24.7 Å². The van der Waals surface area contributed by atoms with E-state index in [2.05, 4.69) is 17.2 Å². The molecule has 0 saturated heterocycles. The maximum atomic E-state index is 12.3. The molecule has 0 radical (unpaired) electrons. The number of nitrogens with zero attached hydrogens (tertiary/aromatic N) is 1. The van der Waals surface area contributed by atoms with Crippen LogP contribution in [-0.2, 0) is 22.4 Å². The van der Waals surface area contributed by atoms with Crippen LogP contribution in [0.1, 0.15) is 47.6 Å². The van der Waals surface area contributed by atoms with E-state index in [1.54, 1.807) is 11.3 Å². The fourth-order valence-electron chi connectivity index (χ4n) is 3.00. The number of carbonyl (C=O) groups excluding carboxylic acids is 1. The number of nitrogens with one attached hydrogen (secondary N) is 1. The van der Waals surface area contributed by atoms with E-state index in [0.29, 0.717) is 11.0 Å². The molecule has 0 aromatic carbocycles. The number of aromatic nitrogens is 1. The van der Waals surface area contributed by atoms with Crippen molar-refractivity contribution in [2.75, 3.05) is 5.32 Å². The van der Waals surface area contributed by atoms with Gasteiger partial charge in [0.05, 0.1) is 12.1 Å². The lowest BCUT2D eigenvalue weighted by molar-refractivity contribution is -0.137. The van der Waals surface area contributed by atoms with Gasteiger partial charge >= 0.3 is 5.97 Å². The predicted octanol–water partition coefficient (Wildman–Crippen LogP) is 3.92. The van der Waals surface area contributed by atoms with Crippen LogP contribution in [0.25, 0.3) is 0 Å². The molecule has 0 fully saturated rings.